The molecule has 0 fully saturated rings. The molecule has 3 heteroatoms. The van der Waals surface area contributed by atoms with E-state index in [1.807, 2.05) is 38.1 Å². The van der Waals surface area contributed by atoms with Crippen LogP contribution in [0.5, 0.6) is 0 Å². The first-order valence-electron chi connectivity index (χ1n) is 4.79. The zero-order chi connectivity index (χ0) is 10.6. The van der Waals surface area contributed by atoms with Gasteiger partial charge in [0.15, 0.2) is 9.84 Å². The smallest absolute Gasteiger partial charge is 0.154 e. The molecule has 0 saturated carbocycles. The lowest BCUT2D eigenvalue weighted by Gasteiger charge is -2.03. The molecular weight excluding hydrogens is 196 g/mol. The standard InChI is InChI=1S/C11H16O2S/c1-3-7-14(12,13)9-11-6-4-5-10(2)8-11/h4-6,8H,3,7,9H2,1-2H3. The predicted octanol–water partition coefficient (Wildman–Crippen LogP) is 2.32. The van der Waals surface area contributed by atoms with E-state index in [2.05, 4.69) is 0 Å². The first-order chi connectivity index (χ1) is 6.53. The molecule has 2 nitrogen and oxygen atoms in total. The van der Waals surface area contributed by atoms with Gasteiger partial charge in [-0.15, -0.1) is 0 Å². The van der Waals surface area contributed by atoms with Crippen molar-refractivity contribution in [1.29, 1.82) is 0 Å². The third-order valence-electron chi connectivity index (χ3n) is 1.98. The van der Waals surface area contributed by atoms with Gasteiger partial charge in [-0.2, -0.15) is 0 Å². The fourth-order valence-corrected chi connectivity index (χ4v) is 2.89. The maximum absolute atomic E-state index is 11.5. The first kappa shape index (κ1) is 11.2. The summed E-state index contributed by atoms with van der Waals surface area (Å²) in [6.45, 7) is 3.85. The van der Waals surface area contributed by atoms with Gasteiger partial charge in [-0.05, 0) is 18.9 Å². The van der Waals surface area contributed by atoms with Crippen LogP contribution in [-0.2, 0) is 15.6 Å². The van der Waals surface area contributed by atoms with Crippen LogP contribution in [-0.4, -0.2) is 14.2 Å². The van der Waals surface area contributed by atoms with Crippen LogP contribution in [0.25, 0.3) is 0 Å². The third kappa shape index (κ3) is 3.50. The summed E-state index contributed by atoms with van der Waals surface area (Å²) in [4.78, 5) is 0. The van der Waals surface area contributed by atoms with Gasteiger partial charge in [0, 0.05) is 0 Å². The molecule has 1 rings (SSSR count). The average Bonchev–Trinajstić information content (AvgIpc) is 2.02. The average molecular weight is 212 g/mol. The highest BCUT2D eigenvalue weighted by molar-refractivity contribution is 7.90. The van der Waals surface area contributed by atoms with Gasteiger partial charge < -0.3 is 0 Å². The Labute approximate surface area is 85.9 Å². The highest BCUT2D eigenvalue weighted by Gasteiger charge is 2.09. The monoisotopic (exact) mass is 212 g/mol. The molecule has 0 aliphatic rings. The second-order valence-corrected chi connectivity index (χ2v) is 5.77. The van der Waals surface area contributed by atoms with Crippen molar-refractivity contribution in [1.82, 2.24) is 0 Å². The van der Waals surface area contributed by atoms with E-state index in [-0.39, 0.29) is 11.5 Å². The molecule has 0 unspecified atom stereocenters. The zero-order valence-corrected chi connectivity index (χ0v) is 9.47. The van der Waals surface area contributed by atoms with Gasteiger partial charge >= 0.3 is 0 Å². The SMILES string of the molecule is CCCS(=O)(=O)Cc1cccc(C)c1. The molecule has 14 heavy (non-hydrogen) atoms. The number of sulfone groups is 1. The Bertz CT molecular complexity index is 394. The van der Waals surface area contributed by atoms with Crippen molar-refractivity contribution in [2.45, 2.75) is 26.0 Å². The van der Waals surface area contributed by atoms with Crippen molar-refractivity contribution in [3.8, 4) is 0 Å². The molecule has 0 bridgehead atoms. The molecule has 0 heterocycles. The van der Waals surface area contributed by atoms with Gasteiger partial charge in [-0.25, -0.2) is 8.42 Å². The van der Waals surface area contributed by atoms with Crippen LogP contribution >= 0.6 is 0 Å². The van der Waals surface area contributed by atoms with Gasteiger partial charge in [0.1, 0.15) is 0 Å². The van der Waals surface area contributed by atoms with Gasteiger partial charge in [-0.1, -0.05) is 36.8 Å². The summed E-state index contributed by atoms with van der Waals surface area (Å²) in [5.74, 6) is 0.448. The van der Waals surface area contributed by atoms with E-state index in [0.29, 0.717) is 6.42 Å². The zero-order valence-electron chi connectivity index (χ0n) is 8.66. The number of hydrogen-bond acceptors (Lipinski definition) is 2. The van der Waals surface area contributed by atoms with Crippen molar-refractivity contribution < 1.29 is 8.42 Å². The van der Waals surface area contributed by atoms with E-state index in [1.54, 1.807) is 0 Å². The Morgan fingerprint density at radius 3 is 2.57 bits per heavy atom. The van der Waals surface area contributed by atoms with Crippen LogP contribution in [0.15, 0.2) is 24.3 Å². The fraction of sp³-hybridized carbons (Fsp3) is 0.455. The summed E-state index contributed by atoms with van der Waals surface area (Å²) >= 11 is 0. The maximum atomic E-state index is 11.5. The van der Waals surface area contributed by atoms with E-state index >= 15 is 0 Å². The lowest BCUT2D eigenvalue weighted by atomic mass is 10.2. The molecular formula is C11H16O2S. The Morgan fingerprint density at radius 2 is 2.00 bits per heavy atom. The Balaban J connectivity index is 2.79. The van der Waals surface area contributed by atoms with Crippen LogP contribution in [0.1, 0.15) is 24.5 Å². The Hall–Kier alpha value is -0.830. The van der Waals surface area contributed by atoms with Crippen LogP contribution in [0.4, 0.5) is 0 Å². The van der Waals surface area contributed by atoms with Crippen molar-refractivity contribution in [2.75, 3.05) is 5.75 Å². The second-order valence-electron chi connectivity index (χ2n) is 3.58. The summed E-state index contributed by atoms with van der Waals surface area (Å²) in [6, 6.07) is 7.65. The molecule has 1 aromatic rings. The van der Waals surface area contributed by atoms with Gasteiger partial charge in [0.25, 0.3) is 0 Å². The molecule has 1 aromatic carbocycles. The van der Waals surface area contributed by atoms with Crippen molar-refractivity contribution in [3.05, 3.63) is 35.4 Å². The molecule has 0 aliphatic heterocycles. The van der Waals surface area contributed by atoms with E-state index in [4.69, 9.17) is 0 Å². The quantitative estimate of drug-likeness (QED) is 0.767. The molecule has 0 aromatic heterocycles. The molecule has 78 valence electrons. The number of benzene rings is 1. The Kier molecular flexibility index (Phi) is 3.69. The normalized spacial score (nSPS) is 11.6. The van der Waals surface area contributed by atoms with Crippen molar-refractivity contribution in [3.63, 3.8) is 0 Å². The molecule has 0 N–H and O–H groups in total. The molecule has 0 atom stereocenters. The fourth-order valence-electron chi connectivity index (χ4n) is 1.44. The van der Waals surface area contributed by atoms with Crippen molar-refractivity contribution in [2.24, 2.45) is 0 Å². The van der Waals surface area contributed by atoms with E-state index < -0.39 is 9.84 Å². The minimum Gasteiger partial charge on any atom is -0.228 e. The Morgan fingerprint density at radius 1 is 1.29 bits per heavy atom. The number of hydrogen-bond donors (Lipinski definition) is 0. The minimum absolute atomic E-state index is 0.169. The number of aryl methyl sites for hydroxylation is 1. The largest absolute Gasteiger partial charge is 0.228 e. The highest BCUT2D eigenvalue weighted by Crippen LogP contribution is 2.09. The summed E-state index contributed by atoms with van der Waals surface area (Å²) in [5.41, 5.74) is 1.99. The first-order valence-corrected chi connectivity index (χ1v) is 6.61. The molecule has 0 aliphatic carbocycles. The summed E-state index contributed by atoms with van der Waals surface area (Å²) in [7, 11) is -2.90. The molecule has 0 amide bonds. The van der Waals surface area contributed by atoms with E-state index in [9.17, 15) is 8.42 Å². The summed E-state index contributed by atoms with van der Waals surface area (Å²) in [6.07, 6.45) is 0.689. The molecule has 0 radical (unpaired) electrons. The minimum atomic E-state index is -2.90. The maximum Gasteiger partial charge on any atom is 0.154 e. The van der Waals surface area contributed by atoms with Gasteiger partial charge in [-0.3, -0.25) is 0 Å². The van der Waals surface area contributed by atoms with E-state index in [0.717, 1.165) is 11.1 Å². The predicted molar refractivity (Wildman–Crippen MR) is 59.0 cm³/mol. The van der Waals surface area contributed by atoms with Crippen LogP contribution in [0.3, 0.4) is 0 Å². The van der Waals surface area contributed by atoms with Gasteiger partial charge in [0.05, 0.1) is 11.5 Å². The van der Waals surface area contributed by atoms with Crippen molar-refractivity contribution >= 4 is 9.84 Å². The van der Waals surface area contributed by atoms with Crippen LogP contribution in [0.2, 0.25) is 0 Å². The second kappa shape index (κ2) is 4.60. The number of rotatable bonds is 4. The summed E-state index contributed by atoms with van der Waals surface area (Å²) in [5, 5.41) is 0. The van der Waals surface area contributed by atoms with E-state index in [1.165, 1.54) is 0 Å². The molecule has 0 saturated heterocycles. The van der Waals surface area contributed by atoms with Gasteiger partial charge in [0.2, 0.25) is 0 Å². The summed E-state index contributed by atoms with van der Waals surface area (Å²) < 4.78 is 23.0. The topological polar surface area (TPSA) is 34.1 Å². The highest BCUT2D eigenvalue weighted by atomic mass is 32.2. The van der Waals surface area contributed by atoms with Crippen LogP contribution in [0, 0.1) is 6.92 Å². The lowest BCUT2D eigenvalue weighted by Crippen LogP contribution is -2.08. The van der Waals surface area contributed by atoms with Crippen LogP contribution < -0.4 is 0 Å². The third-order valence-corrected chi connectivity index (χ3v) is 3.79. The lowest BCUT2D eigenvalue weighted by molar-refractivity contribution is 0.594. The molecule has 0 spiro atoms.